The molecule has 3 aromatic rings. The van der Waals surface area contributed by atoms with E-state index in [0.29, 0.717) is 12.4 Å². The Morgan fingerprint density at radius 1 is 0.909 bits per heavy atom. The van der Waals surface area contributed by atoms with E-state index in [0.717, 1.165) is 36.9 Å². The van der Waals surface area contributed by atoms with Crippen molar-refractivity contribution in [1.82, 2.24) is 20.2 Å². The first-order chi connectivity index (χ1) is 15.9. The highest BCUT2D eigenvalue weighted by Crippen LogP contribution is 2.46. The van der Waals surface area contributed by atoms with Crippen LogP contribution in [0.5, 0.6) is 0 Å². The largest absolute Gasteiger partial charge is 0.330 e. The molecule has 0 radical (unpaired) electrons. The molecular weight excluding hydrogens is 410 g/mol. The average molecular weight is 442 g/mol. The lowest BCUT2D eigenvalue weighted by Crippen LogP contribution is -2.54. The summed E-state index contributed by atoms with van der Waals surface area (Å²) in [6, 6.07) is 18.8. The van der Waals surface area contributed by atoms with E-state index in [1.165, 1.54) is 11.1 Å². The molecule has 1 spiro atoms. The van der Waals surface area contributed by atoms with E-state index in [-0.39, 0.29) is 17.1 Å². The second kappa shape index (κ2) is 8.27. The maximum absolute atomic E-state index is 13.0. The number of aryl methyl sites for hydroxylation is 1. The van der Waals surface area contributed by atoms with Crippen LogP contribution in [0.4, 0.5) is 10.5 Å². The van der Waals surface area contributed by atoms with Gasteiger partial charge in [0.05, 0.1) is 30.2 Å². The highest BCUT2D eigenvalue weighted by molar-refractivity contribution is 5.95. The number of amides is 2. The molecule has 6 heteroatoms. The van der Waals surface area contributed by atoms with Gasteiger partial charge in [-0.05, 0) is 52.3 Å². The molecule has 2 heterocycles. The highest BCUT2D eigenvalue weighted by Gasteiger charge is 2.50. The van der Waals surface area contributed by atoms with Crippen molar-refractivity contribution >= 4 is 11.7 Å². The van der Waals surface area contributed by atoms with Crippen molar-refractivity contribution in [2.24, 2.45) is 0 Å². The first kappa shape index (κ1) is 21.6. The van der Waals surface area contributed by atoms with Gasteiger partial charge in [-0.2, -0.15) is 0 Å². The third kappa shape index (κ3) is 3.89. The number of benzene rings is 2. The van der Waals surface area contributed by atoms with Gasteiger partial charge in [0.1, 0.15) is 0 Å². The Labute approximate surface area is 195 Å². The number of carbonyl (C=O) groups excluding carboxylic acids is 1. The number of rotatable bonds is 4. The molecule has 0 bridgehead atoms. The lowest BCUT2D eigenvalue weighted by molar-refractivity contribution is 0.0658. The molecule has 1 saturated heterocycles. The van der Waals surface area contributed by atoms with Crippen LogP contribution >= 0.6 is 0 Å². The van der Waals surface area contributed by atoms with Gasteiger partial charge in [-0.1, -0.05) is 60.2 Å². The van der Waals surface area contributed by atoms with Crippen molar-refractivity contribution < 1.29 is 4.79 Å². The van der Waals surface area contributed by atoms with Crippen LogP contribution in [0.25, 0.3) is 11.4 Å². The molecule has 2 fully saturated rings. The summed E-state index contributed by atoms with van der Waals surface area (Å²) in [4.78, 5) is 26.2. The van der Waals surface area contributed by atoms with Crippen molar-refractivity contribution in [3.8, 4) is 11.4 Å². The molecule has 6 nitrogen and oxygen atoms in total. The summed E-state index contributed by atoms with van der Waals surface area (Å²) in [7, 11) is 4.33. The number of anilines is 1. The van der Waals surface area contributed by atoms with E-state index in [2.05, 4.69) is 83.7 Å². The zero-order valence-electron chi connectivity index (χ0n) is 19.6. The minimum absolute atomic E-state index is 0.00343. The second-order valence-electron chi connectivity index (χ2n) is 9.72. The molecule has 2 aliphatic rings. The van der Waals surface area contributed by atoms with E-state index in [1.54, 1.807) is 17.3 Å². The van der Waals surface area contributed by atoms with Crippen LogP contribution < -0.4 is 10.2 Å². The number of nitrogens with one attached hydrogen (secondary N) is 1. The third-order valence-electron chi connectivity index (χ3n) is 7.54. The molecule has 1 aromatic heterocycles. The zero-order chi connectivity index (χ0) is 23.1. The van der Waals surface area contributed by atoms with Gasteiger partial charge in [0.15, 0.2) is 5.82 Å². The van der Waals surface area contributed by atoms with E-state index in [1.807, 2.05) is 12.1 Å². The van der Waals surface area contributed by atoms with E-state index in [9.17, 15) is 4.79 Å². The number of urea groups is 1. The maximum Gasteiger partial charge on any atom is 0.322 e. The Hall–Kier alpha value is -3.25. The lowest BCUT2D eigenvalue weighted by atomic mass is 9.69. The lowest BCUT2D eigenvalue weighted by Gasteiger charge is -2.48. The van der Waals surface area contributed by atoms with Gasteiger partial charge >= 0.3 is 6.03 Å². The minimum Gasteiger partial charge on any atom is -0.330 e. The molecule has 170 valence electrons. The average Bonchev–Trinajstić information content (AvgIpc) is 3.16. The molecule has 2 aromatic carbocycles. The van der Waals surface area contributed by atoms with Crippen molar-refractivity contribution in [2.45, 2.75) is 43.7 Å². The van der Waals surface area contributed by atoms with Gasteiger partial charge in [-0.15, -0.1) is 0 Å². The fourth-order valence-corrected chi connectivity index (χ4v) is 5.40. The summed E-state index contributed by atoms with van der Waals surface area (Å²) in [5, 5.41) is 3.31. The predicted octanol–water partition coefficient (Wildman–Crippen LogP) is 4.75. The van der Waals surface area contributed by atoms with Crippen molar-refractivity contribution in [2.75, 3.05) is 25.5 Å². The Balaban J connectivity index is 1.32. The Kier molecular flexibility index (Phi) is 5.41. The first-order valence-electron chi connectivity index (χ1n) is 11.6. The van der Waals surface area contributed by atoms with Gasteiger partial charge in [0, 0.05) is 11.1 Å². The summed E-state index contributed by atoms with van der Waals surface area (Å²) in [6.45, 7) is 2.71. The summed E-state index contributed by atoms with van der Waals surface area (Å²) in [5.74, 6) is 0.671. The molecule has 1 saturated carbocycles. The summed E-state index contributed by atoms with van der Waals surface area (Å²) < 4.78 is 0. The van der Waals surface area contributed by atoms with Crippen molar-refractivity contribution in [1.29, 1.82) is 0 Å². The third-order valence-corrected chi connectivity index (χ3v) is 7.54. The van der Waals surface area contributed by atoms with Crippen LogP contribution in [0, 0.1) is 6.92 Å². The maximum atomic E-state index is 13.0. The molecular formula is C27H31N5O. The second-order valence-corrected chi connectivity index (χ2v) is 9.72. The fraction of sp³-hybridized carbons (Fsp3) is 0.370. The normalized spacial score (nSPS) is 25.0. The van der Waals surface area contributed by atoms with Crippen molar-refractivity contribution in [3.05, 3.63) is 78.1 Å². The van der Waals surface area contributed by atoms with E-state index >= 15 is 0 Å². The minimum atomic E-state index is -0.207. The summed E-state index contributed by atoms with van der Waals surface area (Å²) >= 11 is 0. The smallest absolute Gasteiger partial charge is 0.322 e. The predicted molar refractivity (Wildman–Crippen MR) is 131 cm³/mol. The van der Waals surface area contributed by atoms with Crippen LogP contribution in [0.15, 0.2) is 67.0 Å². The molecule has 0 atom stereocenters. The van der Waals surface area contributed by atoms with Crippen molar-refractivity contribution in [3.63, 3.8) is 0 Å². The molecule has 1 aliphatic carbocycles. The van der Waals surface area contributed by atoms with Gasteiger partial charge in [-0.25, -0.2) is 14.8 Å². The number of hydrogen-bond acceptors (Lipinski definition) is 4. The summed E-state index contributed by atoms with van der Waals surface area (Å²) in [6.07, 6.45) is 7.40. The zero-order valence-corrected chi connectivity index (χ0v) is 19.6. The van der Waals surface area contributed by atoms with Crippen LogP contribution in [-0.2, 0) is 5.54 Å². The molecule has 0 unspecified atom stereocenters. The van der Waals surface area contributed by atoms with Gasteiger partial charge < -0.3 is 5.32 Å². The molecule has 5 rings (SSSR count). The SMILES string of the molecule is Cc1ccc(-c2ncc(N3C[C@]4(CC[C@](c5ccccc5)(N(C)C)CC4)NC3=O)cn2)cc1. The van der Waals surface area contributed by atoms with Gasteiger partial charge in [-0.3, -0.25) is 9.80 Å². The van der Waals surface area contributed by atoms with E-state index in [4.69, 9.17) is 0 Å². The monoisotopic (exact) mass is 441 g/mol. The highest BCUT2D eigenvalue weighted by atomic mass is 16.2. The van der Waals surface area contributed by atoms with Crippen LogP contribution in [0.3, 0.4) is 0 Å². The van der Waals surface area contributed by atoms with Crippen LogP contribution in [0.1, 0.15) is 36.8 Å². The quantitative estimate of drug-likeness (QED) is 0.635. The van der Waals surface area contributed by atoms with E-state index < -0.39 is 0 Å². The van der Waals surface area contributed by atoms with Gasteiger partial charge in [0.25, 0.3) is 0 Å². The number of hydrogen-bond donors (Lipinski definition) is 1. The standard InChI is InChI=1S/C27H31N5O/c1-20-9-11-21(12-10-20)24-28-17-23(18-29-24)32-19-26(30-25(32)33)13-15-27(16-14-26,31(2)3)22-7-5-4-6-8-22/h4-12,17-18H,13-16,19H2,1-3H3,(H,30,33)/t26-,27+. The fourth-order valence-electron chi connectivity index (χ4n) is 5.40. The number of aromatic nitrogens is 2. The van der Waals surface area contributed by atoms with Gasteiger partial charge in [0.2, 0.25) is 0 Å². The first-order valence-corrected chi connectivity index (χ1v) is 11.6. The number of carbonyl (C=O) groups is 1. The molecule has 2 amide bonds. The molecule has 1 N–H and O–H groups in total. The number of nitrogens with zero attached hydrogens (tertiary/aromatic N) is 4. The Morgan fingerprint density at radius 3 is 2.15 bits per heavy atom. The molecule has 1 aliphatic heterocycles. The topological polar surface area (TPSA) is 61.4 Å². The van der Waals surface area contributed by atoms with Crippen LogP contribution in [-0.4, -0.2) is 47.1 Å². The van der Waals surface area contributed by atoms with Crippen LogP contribution in [0.2, 0.25) is 0 Å². The molecule has 33 heavy (non-hydrogen) atoms. The Bertz CT molecular complexity index is 1120. The summed E-state index contributed by atoms with van der Waals surface area (Å²) in [5.41, 5.74) is 4.07. The Morgan fingerprint density at radius 2 is 1.55 bits per heavy atom.